The largest absolute Gasteiger partial charge is 0.504 e. The van der Waals surface area contributed by atoms with Crippen LogP contribution < -0.4 is 0 Å². The zero-order valence-corrected chi connectivity index (χ0v) is 11.0. The highest BCUT2D eigenvalue weighted by atomic mass is 16.4. The number of phenolic OH excluding ortho intramolecular Hbond substituents is 2. The molecule has 1 fully saturated rings. The van der Waals surface area contributed by atoms with Crippen LogP contribution in [0.3, 0.4) is 0 Å². The Bertz CT molecular complexity index is 528. The number of para-hydroxylation sites is 1. The highest BCUT2D eigenvalue weighted by Gasteiger charge is 2.27. The second-order valence-corrected chi connectivity index (χ2v) is 5.03. The second-order valence-electron chi connectivity index (χ2n) is 5.03. The molecule has 1 atom stereocenters. The van der Waals surface area contributed by atoms with Gasteiger partial charge < -0.3 is 20.2 Å². The number of carbonyl (C=O) groups excluding carboxylic acids is 1. The molecule has 1 saturated heterocycles. The molecule has 0 saturated carbocycles. The van der Waals surface area contributed by atoms with Crippen molar-refractivity contribution in [3.05, 3.63) is 23.8 Å². The van der Waals surface area contributed by atoms with Gasteiger partial charge in [-0.2, -0.15) is 0 Å². The van der Waals surface area contributed by atoms with Gasteiger partial charge in [-0.15, -0.1) is 0 Å². The quantitative estimate of drug-likeness (QED) is 0.727. The Kier molecular flexibility index (Phi) is 4.12. The maximum atomic E-state index is 12.3. The highest BCUT2D eigenvalue weighted by molar-refractivity contribution is 5.97. The van der Waals surface area contributed by atoms with E-state index in [4.69, 9.17) is 5.11 Å². The SMILES string of the molecule is O=C(O)CC1CCCN(C(=O)c2cccc(O)c2O)C1. The van der Waals surface area contributed by atoms with Crippen molar-refractivity contribution in [3.8, 4) is 11.5 Å². The molecule has 108 valence electrons. The minimum absolute atomic E-state index is 0.0375. The lowest BCUT2D eigenvalue weighted by Gasteiger charge is -2.32. The second kappa shape index (κ2) is 5.81. The molecule has 0 radical (unpaired) electrons. The Morgan fingerprint density at radius 3 is 2.75 bits per heavy atom. The Morgan fingerprint density at radius 1 is 1.30 bits per heavy atom. The Hall–Kier alpha value is -2.24. The van der Waals surface area contributed by atoms with Crippen LogP contribution in [0.15, 0.2) is 18.2 Å². The number of piperidine rings is 1. The molecule has 1 aromatic carbocycles. The van der Waals surface area contributed by atoms with Gasteiger partial charge in [0, 0.05) is 19.5 Å². The van der Waals surface area contributed by atoms with Crippen molar-refractivity contribution in [2.45, 2.75) is 19.3 Å². The van der Waals surface area contributed by atoms with Crippen LogP contribution in [-0.4, -0.2) is 45.2 Å². The molecule has 1 heterocycles. The van der Waals surface area contributed by atoms with Crippen LogP contribution in [0.1, 0.15) is 29.6 Å². The minimum atomic E-state index is -0.871. The molecule has 3 N–H and O–H groups in total. The van der Waals surface area contributed by atoms with Crippen molar-refractivity contribution in [2.24, 2.45) is 5.92 Å². The molecule has 1 aliphatic rings. The number of likely N-dealkylation sites (tertiary alicyclic amines) is 1. The third-order valence-electron chi connectivity index (χ3n) is 3.51. The normalized spacial score (nSPS) is 18.8. The number of nitrogens with zero attached hydrogens (tertiary/aromatic N) is 1. The van der Waals surface area contributed by atoms with E-state index in [-0.39, 0.29) is 29.6 Å². The molecule has 1 aliphatic heterocycles. The van der Waals surface area contributed by atoms with Crippen LogP contribution in [-0.2, 0) is 4.79 Å². The van der Waals surface area contributed by atoms with E-state index in [0.717, 1.165) is 12.8 Å². The van der Waals surface area contributed by atoms with Gasteiger partial charge in [0.2, 0.25) is 0 Å². The van der Waals surface area contributed by atoms with E-state index in [1.165, 1.54) is 23.1 Å². The Labute approximate surface area is 116 Å². The monoisotopic (exact) mass is 279 g/mol. The third kappa shape index (κ3) is 3.01. The number of amides is 1. The number of rotatable bonds is 3. The summed E-state index contributed by atoms with van der Waals surface area (Å²) in [4.78, 5) is 24.6. The third-order valence-corrected chi connectivity index (χ3v) is 3.51. The number of benzene rings is 1. The molecule has 0 spiro atoms. The van der Waals surface area contributed by atoms with E-state index in [2.05, 4.69) is 0 Å². The molecule has 1 aromatic rings. The van der Waals surface area contributed by atoms with Gasteiger partial charge in [-0.3, -0.25) is 9.59 Å². The molecule has 2 rings (SSSR count). The molecular weight excluding hydrogens is 262 g/mol. The summed E-state index contributed by atoms with van der Waals surface area (Å²) >= 11 is 0. The molecule has 6 heteroatoms. The molecule has 20 heavy (non-hydrogen) atoms. The zero-order chi connectivity index (χ0) is 14.7. The molecular formula is C14H17NO5. The van der Waals surface area contributed by atoms with Gasteiger partial charge in [-0.1, -0.05) is 6.07 Å². The summed E-state index contributed by atoms with van der Waals surface area (Å²) in [5.41, 5.74) is 0.0426. The fourth-order valence-corrected chi connectivity index (χ4v) is 2.54. The van der Waals surface area contributed by atoms with E-state index in [9.17, 15) is 19.8 Å². The van der Waals surface area contributed by atoms with E-state index >= 15 is 0 Å². The fraction of sp³-hybridized carbons (Fsp3) is 0.429. The number of aliphatic carboxylic acids is 1. The highest BCUT2D eigenvalue weighted by Crippen LogP contribution is 2.30. The number of hydrogen-bond donors (Lipinski definition) is 3. The van der Waals surface area contributed by atoms with Gasteiger partial charge in [-0.25, -0.2) is 0 Å². The molecule has 1 amide bonds. The van der Waals surface area contributed by atoms with Crippen LogP contribution in [0.2, 0.25) is 0 Å². The Morgan fingerprint density at radius 2 is 2.05 bits per heavy atom. The van der Waals surface area contributed by atoms with E-state index < -0.39 is 11.7 Å². The van der Waals surface area contributed by atoms with Crippen LogP contribution in [0.4, 0.5) is 0 Å². The molecule has 6 nitrogen and oxygen atoms in total. The lowest BCUT2D eigenvalue weighted by Crippen LogP contribution is -2.40. The summed E-state index contributed by atoms with van der Waals surface area (Å²) in [6.07, 6.45) is 1.56. The van der Waals surface area contributed by atoms with E-state index in [1.807, 2.05) is 0 Å². The summed E-state index contributed by atoms with van der Waals surface area (Å²) < 4.78 is 0. The number of aromatic hydroxyl groups is 2. The van der Waals surface area contributed by atoms with Gasteiger partial charge >= 0.3 is 5.97 Å². The number of carboxylic acids is 1. The van der Waals surface area contributed by atoms with E-state index in [0.29, 0.717) is 13.1 Å². The summed E-state index contributed by atoms with van der Waals surface area (Å²) in [7, 11) is 0. The summed E-state index contributed by atoms with van der Waals surface area (Å²) in [6.45, 7) is 0.893. The Balaban J connectivity index is 2.12. The van der Waals surface area contributed by atoms with E-state index in [1.54, 1.807) is 0 Å². The first-order valence-electron chi connectivity index (χ1n) is 6.51. The lowest BCUT2D eigenvalue weighted by molar-refractivity contribution is -0.138. The number of phenols is 2. The van der Waals surface area contributed by atoms with Gasteiger partial charge in [0.1, 0.15) is 0 Å². The first kappa shape index (κ1) is 14.2. The van der Waals surface area contributed by atoms with Crippen LogP contribution in [0.25, 0.3) is 0 Å². The smallest absolute Gasteiger partial charge is 0.303 e. The first-order valence-corrected chi connectivity index (χ1v) is 6.51. The van der Waals surface area contributed by atoms with Crippen molar-refractivity contribution in [1.82, 2.24) is 4.90 Å². The zero-order valence-electron chi connectivity index (χ0n) is 11.0. The average Bonchev–Trinajstić information content (AvgIpc) is 2.41. The average molecular weight is 279 g/mol. The topological polar surface area (TPSA) is 98.1 Å². The summed E-state index contributed by atoms with van der Waals surface area (Å²) in [5.74, 6) is -2.09. The first-order chi connectivity index (χ1) is 9.49. The van der Waals surface area contributed by atoms with Gasteiger partial charge in [0.05, 0.1) is 5.56 Å². The molecule has 0 bridgehead atoms. The maximum Gasteiger partial charge on any atom is 0.303 e. The molecule has 1 unspecified atom stereocenters. The van der Waals surface area contributed by atoms with Crippen LogP contribution in [0, 0.1) is 5.92 Å². The molecule has 0 aromatic heterocycles. The maximum absolute atomic E-state index is 12.3. The van der Waals surface area contributed by atoms with Crippen molar-refractivity contribution in [1.29, 1.82) is 0 Å². The standard InChI is InChI=1S/C14H17NO5/c16-11-5-1-4-10(13(11)19)14(20)15-6-2-3-9(8-15)7-12(17)18/h1,4-5,9,16,19H,2-3,6-8H2,(H,17,18). The van der Waals surface area contributed by atoms with Crippen molar-refractivity contribution in [2.75, 3.05) is 13.1 Å². The van der Waals surface area contributed by atoms with Crippen molar-refractivity contribution < 1.29 is 24.9 Å². The number of hydrogen-bond acceptors (Lipinski definition) is 4. The van der Waals surface area contributed by atoms with Crippen molar-refractivity contribution >= 4 is 11.9 Å². The lowest BCUT2D eigenvalue weighted by atomic mass is 9.94. The number of carboxylic acid groups (broad SMARTS) is 1. The molecule has 0 aliphatic carbocycles. The predicted octanol–water partition coefficient (Wildman–Crippen LogP) is 1.42. The number of carbonyl (C=O) groups is 2. The van der Waals surface area contributed by atoms with Gasteiger partial charge in [-0.05, 0) is 30.9 Å². The fourth-order valence-electron chi connectivity index (χ4n) is 2.54. The van der Waals surface area contributed by atoms with Gasteiger partial charge in [0.15, 0.2) is 11.5 Å². The summed E-state index contributed by atoms with van der Waals surface area (Å²) in [6, 6.07) is 4.23. The van der Waals surface area contributed by atoms with Crippen LogP contribution in [0.5, 0.6) is 11.5 Å². The van der Waals surface area contributed by atoms with Crippen LogP contribution >= 0.6 is 0 Å². The predicted molar refractivity (Wildman–Crippen MR) is 70.7 cm³/mol. The minimum Gasteiger partial charge on any atom is -0.504 e. The van der Waals surface area contributed by atoms with Gasteiger partial charge in [0.25, 0.3) is 5.91 Å². The summed E-state index contributed by atoms with van der Waals surface area (Å²) in [5, 5.41) is 27.9. The van der Waals surface area contributed by atoms with Crippen molar-refractivity contribution in [3.63, 3.8) is 0 Å².